The molecule has 1 heterocycles. The molecule has 0 N–H and O–H groups in total. The summed E-state index contributed by atoms with van der Waals surface area (Å²) in [4.78, 5) is 18.6. The van der Waals surface area contributed by atoms with Crippen LogP contribution >= 0.6 is 0 Å². The van der Waals surface area contributed by atoms with E-state index in [1.54, 1.807) is 18.0 Å². The number of amides is 1. The molecule has 1 aromatic rings. The standard InChI is InChI=1S/C18H28FN3O2/c1-14(22-8-9-24-17(13-22)12-20(2)3)18(23)21(4)11-15-6-5-7-16(19)10-15/h5-7,10,14,17H,8-9,11-13H2,1-4H3/t14-,17+/m0/s1. The molecular formula is C18H28FN3O2. The van der Waals surface area contributed by atoms with Crippen LogP contribution in [0.1, 0.15) is 12.5 Å². The molecule has 6 heteroatoms. The lowest BCUT2D eigenvalue weighted by atomic mass is 10.1. The molecule has 1 amide bonds. The van der Waals surface area contributed by atoms with Crippen molar-refractivity contribution in [2.75, 3.05) is 47.4 Å². The molecule has 2 atom stereocenters. The Kier molecular flexibility index (Phi) is 6.71. The molecule has 0 unspecified atom stereocenters. The first-order chi connectivity index (χ1) is 11.4. The zero-order chi connectivity index (χ0) is 17.7. The topological polar surface area (TPSA) is 36.0 Å². The Morgan fingerprint density at radius 3 is 2.83 bits per heavy atom. The molecular weight excluding hydrogens is 309 g/mol. The van der Waals surface area contributed by atoms with E-state index in [4.69, 9.17) is 4.74 Å². The van der Waals surface area contributed by atoms with Crippen LogP contribution in [-0.4, -0.2) is 80.1 Å². The van der Waals surface area contributed by atoms with E-state index in [1.807, 2.05) is 27.1 Å². The smallest absolute Gasteiger partial charge is 0.239 e. The number of ether oxygens (including phenoxy) is 1. The van der Waals surface area contributed by atoms with Gasteiger partial charge in [0.25, 0.3) is 0 Å². The van der Waals surface area contributed by atoms with E-state index >= 15 is 0 Å². The number of carbonyl (C=O) groups excluding carboxylic acids is 1. The first-order valence-corrected chi connectivity index (χ1v) is 8.36. The van der Waals surface area contributed by atoms with Gasteiger partial charge < -0.3 is 14.5 Å². The maximum atomic E-state index is 13.3. The van der Waals surface area contributed by atoms with Crippen molar-refractivity contribution in [3.8, 4) is 0 Å². The molecule has 0 saturated carbocycles. The van der Waals surface area contributed by atoms with E-state index in [1.165, 1.54) is 12.1 Å². The van der Waals surface area contributed by atoms with Crippen molar-refractivity contribution in [1.82, 2.24) is 14.7 Å². The first-order valence-electron chi connectivity index (χ1n) is 8.36. The van der Waals surface area contributed by atoms with E-state index in [2.05, 4.69) is 9.80 Å². The van der Waals surface area contributed by atoms with Gasteiger partial charge in [0.15, 0.2) is 0 Å². The van der Waals surface area contributed by atoms with Crippen LogP contribution in [0.3, 0.4) is 0 Å². The van der Waals surface area contributed by atoms with Gasteiger partial charge in [-0.2, -0.15) is 0 Å². The predicted molar refractivity (Wildman–Crippen MR) is 92.2 cm³/mol. The molecule has 0 radical (unpaired) electrons. The third-order valence-electron chi connectivity index (χ3n) is 4.33. The molecule has 0 spiro atoms. The van der Waals surface area contributed by atoms with Crippen molar-refractivity contribution in [3.05, 3.63) is 35.6 Å². The summed E-state index contributed by atoms with van der Waals surface area (Å²) in [5.41, 5.74) is 0.797. The molecule has 0 aromatic heterocycles. The fourth-order valence-electron chi connectivity index (χ4n) is 3.07. The van der Waals surface area contributed by atoms with Crippen LogP contribution in [-0.2, 0) is 16.1 Å². The highest BCUT2D eigenvalue weighted by Crippen LogP contribution is 2.13. The number of hydrogen-bond acceptors (Lipinski definition) is 4. The van der Waals surface area contributed by atoms with Crippen LogP contribution < -0.4 is 0 Å². The highest BCUT2D eigenvalue weighted by Gasteiger charge is 2.29. The van der Waals surface area contributed by atoms with Crippen molar-refractivity contribution < 1.29 is 13.9 Å². The van der Waals surface area contributed by atoms with Crippen LogP contribution in [0.5, 0.6) is 0 Å². The summed E-state index contributed by atoms with van der Waals surface area (Å²) in [6.07, 6.45) is 0.123. The van der Waals surface area contributed by atoms with Crippen LogP contribution in [0.25, 0.3) is 0 Å². The lowest BCUT2D eigenvalue weighted by Crippen LogP contribution is -2.54. The van der Waals surface area contributed by atoms with Crippen molar-refractivity contribution in [2.24, 2.45) is 0 Å². The van der Waals surface area contributed by atoms with E-state index in [9.17, 15) is 9.18 Å². The van der Waals surface area contributed by atoms with Gasteiger partial charge in [0, 0.05) is 33.2 Å². The highest BCUT2D eigenvalue weighted by molar-refractivity contribution is 5.81. The molecule has 1 saturated heterocycles. The quantitative estimate of drug-likeness (QED) is 0.787. The second-order valence-corrected chi connectivity index (χ2v) is 6.75. The predicted octanol–water partition coefficient (Wildman–Crippen LogP) is 1.44. The fourth-order valence-corrected chi connectivity index (χ4v) is 3.07. The second kappa shape index (κ2) is 8.55. The van der Waals surface area contributed by atoms with Crippen molar-refractivity contribution in [1.29, 1.82) is 0 Å². The Balaban J connectivity index is 1.92. The van der Waals surface area contributed by atoms with Gasteiger partial charge in [0.1, 0.15) is 5.82 Å². The van der Waals surface area contributed by atoms with Crippen molar-refractivity contribution >= 4 is 5.91 Å². The Morgan fingerprint density at radius 1 is 1.42 bits per heavy atom. The average molecular weight is 337 g/mol. The molecule has 1 fully saturated rings. The molecule has 134 valence electrons. The normalized spacial score (nSPS) is 20.2. The fraction of sp³-hybridized carbons (Fsp3) is 0.611. The van der Waals surface area contributed by atoms with Crippen molar-refractivity contribution in [2.45, 2.75) is 25.6 Å². The minimum absolute atomic E-state index is 0.0461. The molecule has 24 heavy (non-hydrogen) atoms. The molecule has 1 aliphatic heterocycles. The summed E-state index contributed by atoms with van der Waals surface area (Å²) >= 11 is 0. The lowest BCUT2D eigenvalue weighted by molar-refractivity contribution is -0.139. The Bertz CT molecular complexity index is 553. The van der Waals surface area contributed by atoms with Gasteiger partial charge in [0.2, 0.25) is 5.91 Å². The zero-order valence-electron chi connectivity index (χ0n) is 15.0. The Morgan fingerprint density at radius 2 is 2.17 bits per heavy atom. The second-order valence-electron chi connectivity index (χ2n) is 6.75. The average Bonchev–Trinajstić information content (AvgIpc) is 2.53. The molecule has 2 rings (SSSR count). The van der Waals surface area contributed by atoms with E-state index < -0.39 is 0 Å². The van der Waals surface area contributed by atoms with E-state index in [0.717, 1.165) is 25.2 Å². The number of rotatable bonds is 6. The molecule has 5 nitrogen and oxygen atoms in total. The molecule has 1 aromatic carbocycles. The number of hydrogen-bond donors (Lipinski definition) is 0. The van der Waals surface area contributed by atoms with Gasteiger partial charge in [-0.05, 0) is 38.7 Å². The summed E-state index contributed by atoms with van der Waals surface area (Å²) in [5, 5.41) is 0. The van der Waals surface area contributed by atoms with Crippen molar-refractivity contribution in [3.63, 3.8) is 0 Å². The molecule has 0 bridgehead atoms. The van der Waals surface area contributed by atoms with E-state index in [-0.39, 0.29) is 23.9 Å². The Labute approximate surface area is 144 Å². The summed E-state index contributed by atoms with van der Waals surface area (Å²) in [6, 6.07) is 6.17. The summed E-state index contributed by atoms with van der Waals surface area (Å²) in [7, 11) is 5.80. The highest BCUT2D eigenvalue weighted by atomic mass is 19.1. The third-order valence-corrected chi connectivity index (χ3v) is 4.33. The number of morpholine rings is 1. The monoisotopic (exact) mass is 337 g/mol. The minimum Gasteiger partial charge on any atom is -0.374 e. The van der Waals surface area contributed by atoms with Gasteiger partial charge in [-0.25, -0.2) is 4.39 Å². The summed E-state index contributed by atoms with van der Waals surface area (Å²) in [5.74, 6) is -0.231. The van der Waals surface area contributed by atoms with Gasteiger partial charge in [-0.15, -0.1) is 0 Å². The Hall–Kier alpha value is -1.50. The van der Waals surface area contributed by atoms with Crippen LogP contribution in [0.4, 0.5) is 4.39 Å². The number of nitrogens with zero attached hydrogens (tertiary/aromatic N) is 3. The van der Waals surface area contributed by atoms with Gasteiger partial charge >= 0.3 is 0 Å². The van der Waals surface area contributed by atoms with Gasteiger partial charge in [-0.1, -0.05) is 12.1 Å². The summed E-state index contributed by atoms with van der Waals surface area (Å²) in [6.45, 7) is 5.33. The number of halogens is 1. The van der Waals surface area contributed by atoms with Gasteiger partial charge in [-0.3, -0.25) is 9.69 Å². The number of benzene rings is 1. The van der Waals surface area contributed by atoms with E-state index in [0.29, 0.717) is 13.2 Å². The maximum absolute atomic E-state index is 13.3. The largest absolute Gasteiger partial charge is 0.374 e. The first kappa shape index (κ1) is 18.8. The maximum Gasteiger partial charge on any atom is 0.239 e. The zero-order valence-corrected chi connectivity index (χ0v) is 15.0. The lowest BCUT2D eigenvalue weighted by Gasteiger charge is -2.38. The van der Waals surface area contributed by atoms with Gasteiger partial charge in [0.05, 0.1) is 18.8 Å². The minimum atomic E-state index is -0.277. The van der Waals surface area contributed by atoms with Crippen LogP contribution in [0.2, 0.25) is 0 Å². The number of likely N-dealkylation sites (N-methyl/N-ethyl adjacent to an activating group) is 2. The third kappa shape index (κ3) is 5.26. The van der Waals surface area contributed by atoms with Crippen LogP contribution in [0.15, 0.2) is 24.3 Å². The van der Waals surface area contributed by atoms with Crippen LogP contribution in [0, 0.1) is 5.82 Å². The SMILES string of the molecule is C[C@@H](C(=O)N(C)Cc1cccc(F)c1)N1CCO[C@H](CN(C)C)C1. The number of carbonyl (C=O) groups is 1. The summed E-state index contributed by atoms with van der Waals surface area (Å²) < 4.78 is 19.1. The molecule has 1 aliphatic rings. The molecule has 0 aliphatic carbocycles.